The van der Waals surface area contributed by atoms with Crippen molar-refractivity contribution in [3.05, 3.63) is 60.2 Å². The molecule has 134 valence electrons. The summed E-state index contributed by atoms with van der Waals surface area (Å²) in [6.45, 7) is 1.39. The maximum Gasteiger partial charge on any atom is 0.265 e. The third-order valence-electron chi connectivity index (χ3n) is 4.62. The van der Waals surface area contributed by atoms with Gasteiger partial charge in [-0.2, -0.15) is 5.11 Å². The van der Waals surface area contributed by atoms with Gasteiger partial charge in [0.25, 0.3) is 5.91 Å². The molecule has 0 fully saturated rings. The van der Waals surface area contributed by atoms with Gasteiger partial charge < -0.3 is 4.90 Å². The van der Waals surface area contributed by atoms with Crippen molar-refractivity contribution in [1.29, 1.82) is 0 Å². The Morgan fingerprint density at radius 3 is 2.37 bits per heavy atom. The second kappa shape index (κ2) is 6.32. The lowest BCUT2D eigenvalue weighted by Gasteiger charge is -2.12. The van der Waals surface area contributed by atoms with Gasteiger partial charge in [0.15, 0.2) is 0 Å². The number of azo groups is 1. The molecule has 0 saturated carbocycles. The van der Waals surface area contributed by atoms with E-state index < -0.39 is 0 Å². The van der Waals surface area contributed by atoms with Crippen molar-refractivity contribution in [3.8, 4) is 0 Å². The second-order valence-corrected chi connectivity index (χ2v) is 6.60. The average molecular weight is 358 g/mol. The quantitative estimate of drug-likeness (QED) is 0.630. The van der Waals surface area contributed by atoms with Crippen LogP contribution in [0.3, 0.4) is 0 Å². The predicted octanol–water partition coefficient (Wildman–Crippen LogP) is 4.83. The van der Waals surface area contributed by atoms with Crippen LogP contribution in [-0.2, 0) is 4.79 Å². The summed E-state index contributed by atoms with van der Waals surface area (Å²) in [6, 6.07) is 16.7. The smallest absolute Gasteiger partial charge is 0.265 e. The topological polar surface area (TPSA) is 65.3 Å². The second-order valence-electron chi connectivity index (χ2n) is 6.60. The predicted molar refractivity (Wildman–Crippen MR) is 106 cm³/mol. The summed E-state index contributed by atoms with van der Waals surface area (Å²) in [5.41, 5.74) is 3.61. The third-order valence-corrected chi connectivity index (χ3v) is 4.62. The number of amides is 2. The zero-order valence-electron chi connectivity index (χ0n) is 15.3. The molecule has 3 aromatic rings. The Morgan fingerprint density at radius 2 is 1.70 bits per heavy atom. The highest BCUT2D eigenvalue weighted by molar-refractivity contribution is 6.34. The number of anilines is 2. The molecule has 0 N–H and O–H groups in total. The monoisotopic (exact) mass is 358 g/mol. The fraction of sp³-hybridized carbons (Fsp3) is 0.143. The van der Waals surface area contributed by atoms with E-state index in [1.54, 1.807) is 24.3 Å². The molecule has 27 heavy (non-hydrogen) atoms. The van der Waals surface area contributed by atoms with Crippen molar-refractivity contribution in [2.75, 3.05) is 23.9 Å². The Kier molecular flexibility index (Phi) is 3.96. The van der Waals surface area contributed by atoms with Crippen molar-refractivity contribution in [2.45, 2.75) is 6.92 Å². The van der Waals surface area contributed by atoms with E-state index in [4.69, 9.17) is 0 Å². The van der Waals surface area contributed by atoms with E-state index in [1.807, 2.05) is 49.3 Å². The first kappa shape index (κ1) is 16.9. The molecule has 0 aliphatic carbocycles. The van der Waals surface area contributed by atoms with E-state index in [2.05, 4.69) is 10.2 Å². The van der Waals surface area contributed by atoms with Crippen LogP contribution >= 0.6 is 0 Å². The normalized spacial score (nSPS) is 13.0. The fourth-order valence-electron chi connectivity index (χ4n) is 3.30. The van der Waals surface area contributed by atoms with Crippen molar-refractivity contribution in [2.24, 2.45) is 10.2 Å². The maximum atomic E-state index is 12.5. The summed E-state index contributed by atoms with van der Waals surface area (Å²) in [7, 11) is 3.96. The van der Waals surface area contributed by atoms with Crippen LogP contribution < -0.4 is 9.80 Å². The molecule has 1 heterocycles. The molecule has 1 aliphatic heterocycles. The number of hydrogen-bond acceptors (Lipinski definition) is 5. The van der Waals surface area contributed by atoms with Crippen molar-refractivity contribution >= 4 is 45.3 Å². The zero-order chi connectivity index (χ0) is 19.1. The highest BCUT2D eigenvalue weighted by Crippen LogP contribution is 2.41. The highest BCUT2D eigenvalue weighted by atomic mass is 16.2. The fourth-order valence-corrected chi connectivity index (χ4v) is 3.30. The first-order valence-electron chi connectivity index (χ1n) is 8.57. The van der Waals surface area contributed by atoms with Gasteiger partial charge in [-0.1, -0.05) is 12.1 Å². The van der Waals surface area contributed by atoms with E-state index in [9.17, 15) is 9.59 Å². The Balaban J connectivity index is 1.77. The SMILES string of the molecule is CC(=O)N1C(=O)c2cccc3c(N=Nc4ccc(N(C)C)cc4)ccc1c23. The van der Waals surface area contributed by atoms with Crippen LogP contribution in [0.2, 0.25) is 0 Å². The molecular weight excluding hydrogens is 340 g/mol. The number of rotatable bonds is 3. The first-order chi connectivity index (χ1) is 13.0. The van der Waals surface area contributed by atoms with Gasteiger partial charge in [-0.15, -0.1) is 5.11 Å². The van der Waals surface area contributed by atoms with Gasteiger partial charge in [-0.05, 0) is 42.5 Å². The minimum atomic E-state index is -0.298. The van der Waals surface area contributed by atoms with Gasteiger partial charge in [0, 0.05) is 37.5 Å². The van der Waals surface area contributed by atoms with Crippen molar-refractivity contribution < 1.29 is 9.59 Å². The van der Waals surface area contributed by atoms with Crippen LogP contribution in [0.5, 0.6) is 0 Å². The Hall–Kier alpha value is -3.54. The lowest BCUT2D eigenvalue weighted by atomic mass is 10.0. The lowest BCUT2D eigenvalue weighted by Crippen LogP contribution is -2.31. The summed E-state index contributed by atoms with van der Waals surface area (Å²) < 4.78 is 0. The number of imide groups is 1. The zero-order valence-corrected chi connectivity index (χ0v) is 15.3. The number of benzene rings is 3. The summed E-state index contributed by atoms with van der Waals surface area (Å²) >= 11 is 0. The van der Waals surface area contributed by atoms with E-state index in [-0.39, 0.29) is 11.8 Å². The van der Waals surface area contributed by atoms with E-state index in [0.29, 0.717) is 16.9 Å². The van der Waals surface area contributed by atoms with Crippen LogP contribution in [-0.4, -0.2) is 25.9 Å². The Labute approximate surface area is 156 Å². The summed E-state index contributed by atoms with van der Waals surface area (Å²) in [6.07, 6.45) is 0. The van der Waals surface area contributed by atoms with Crippen LogP contribution in [0.25, 0.3) is 10.8 Å². The van der Waals surface area contributed by atoms with Crippen molar-refractivity contribution in [1.82, 2.24) is 0 Å². The molecule has 0 atom stereocenters. The average Bonchev–Trinajstić information content (AvgIpc) is 2.95. The third kappa shape index (κ3) is 2.75. The highest BCUT2D eigenvalue weighted by Gasteiger charge is 2.32. The standard InChI is InChI=1S/C21H18N4O2/c1-13(26)25-19-12-11-18(16-5-4-6-17(20(16)19)21(25)27)23-22-14-7-9-15(10-8-14)24(2)3/h4-12H,1-3H3. The van der Waals surface area contributed by atoms with E-state index in [1.165, 1.54) is 11.8 Å². The summed E-state index contributed by atoms with van der Waals surface area (Å²) in [5.74, 6) is -0.593. The number of nitrogens with zero attached hydrogens (tertiary/aromatic N) is 4. The molecular formula is C21H18N4O2. The molecule has 0 unspecified atom stereocenters. The molecule has 6 heteroatoms. The molecule has 2 amide bonds. The molecule has 4 rings (SSSR count). The lowest BCUT2D eigenvalue weighted by molar-refractivity contribution is -0.115. The number of hydrogen-bond donors (Lipinski definition) is 0. The molecule has 1 aliphatic rings. The van der Waals surface area contributed by atoms with Crippen LogP contribution in [0.4, 0.5) is 22.7 Å². The summed E-state index contributed by atoms with van der Waals surface area (Å²) in [4.78, 5) is 27.7. The number of carbonyl (C=O) groups excluding carboxylic acids is 2. The van der Waals surface area contributed by atoms with Gasteiger partial charge in [0.1, 0.15) is 0 Å². The Morgan fingerprint density at radius 1 is 0.963 bits per heavy atom. The van der Waals surface area contributed by atoms with Crippen LogP contribution in [0.1, 0.15) is 17.3 Å². The van der Waals surface area contributed by atoms with Gasteiger partial charge in [-0.25, -0.2) is 4.90 Å². The number of carbonyl (C=O) groups is 2. The first-order valence-corrected chi connectivity index (χ1v) is 8.57. The van der Waals surface area contributed by atoms with Crippen molar-refractivity contribution in [3.63, 3.8) is 0 Å². The maximum absolute atomic E-state index is 12.5. The molecule has 0 radical (unpaired) electrons. The molecule has 0 spiro atoms. The van der Waals surface area contributed by atoms with Gasteiger partial charge in [-0.3, -0.25) is 9.59 Å². The molecule has 3 aromatic carbocycles. The van der Waals surface area contributed by atoms with E-state index in [0.717, 1.165) is 22.1 Å². The van der Waals surface area contributed by atoms with Gasteiger partial charge in [0.2, 0.25) is 5.91 Å². The molecule has 6 nitrogen and oxygen atoms in total. The van der Waals surface area contributed by atoms with Crippen LogP contribution in [0, 0.1) is 0 Å². The molecule has 0 saturated heterocycles. The summed E-state index contributed by atoms with van der Waals surface area (Å²) in [5, 5.41) is 10.3. The Bertz CT molecular complexity index is 1100. The molecule has 0 aromatic heterocycles. The van der Waals surface area contributed by atoms with E-state index >= 15 is 0 Å². The van der Waals surface area contributed by atoms with Crippen LogP contribution in [0.15, 0.2) is 64.8 Å². The molecule has 0 bridgehead atoms. The minimum Gasteiger partial charge on any atom is -0.378 e. The van der Waals surface area contributed by atoms with Gasteiger partial charge >= 0.3 is 0 Å². The minimum absolute atomic E-state index is 0.295. The largest absolute Gasteiger partial charge is 0.378 e. The van der Waals surface area contributed by atoms with Gasteiger partial charge in [0.05, 0.1) is 22.6 Å².